The van der Waals surface area contributed by atoms with Gasteiger partial charge in [-0.05, 0) is 25.0 Å². The van der Waals surface area contributed by atoms with E-state index >= 15 is 0 Å². The molecule has 2 rings (SSSR count). The number of nitrogen functional groups attached to an aromatic ring is 1. The normalized spacial score (nSPS) is 16.3. The van der Waals surface area contributed by atoms with E-state index in [1.807, 2.05) is 0 Å². The molecule has 4 N–H and O–H groups in total. The fourth-order valence-corrected chi connectivity index (χ4v) is 1.78. The first kappa shape index (κ1) is 9.71. The summed E-state index contributed by atoms with van der Waals surface area (Å²) in [6.45, 7) is 0.620. The van der Waals surface area contributed by atoms with Crippen molar-refractivity contribution in [3.05, 3.63) is 29.3 Å². The molecule has 0 fully saturated rings. The van der Waals surface area contributed by atoms with E-state index in [-0.39, 0.29) is 5.91 Å². The van der Waals surface area contributed by atoms with Crippen molar-refractivity contribution in [2.75, 3.05) is 12.3 Å². The standard InChI is InChI=1S/C11H13N3O/c12-8-4-1-3-7-10(8)9(13)5-2-6-14-11(7)15/h1,3-4,13H,2,5-6,12H2,(H,14,15). The lowest BCUT2D eigenvalue weighted by atomic mass is 9.96. The van der Waals surface area contributed by atoms with Crippen molar-refractivity contribution in [2.24, 2.45) is 0 Å². The van der Waals surface area contributed by atoms with Crippen LogP contribution in [0, 0.1) is 5.41 Å². The lowest BCUT2D eigenvalue weighted by molar-refractivity contribution is 0.0952. The largest absolute Gasteiger partial charge is 0.398 e. The minimum Gasteiger partial charge on any atom is -0.398 e. The van der Waals surface area contributed by atoms with Gasteiger partial charge in [0.15, 0.2) is 0 Å². The highest BCUT2D eigenvalue weighted by Gasteiger charge is 2.18. The maximum Gasteiger partial charge on any atom is 0.252 e. The van der Waals surface area contributed by atoms with E-state index in [9.17, 15) is 4.79 Å². The number of anilines is 1. The Morgan fingerprint density at radius 3 is 3.00 bits per heavy atom. The van der Waals surface area contributed by atoms with Crippen molar-refractivity contribution in [1.29, 1.82) is 5.41 Å². The van der Waals surface area contributed by atoms with Crippen LogP contribution in [0.25, 0.3) is 0 Å². The molecule has 0 spiro atoms. The highest BCUT2D eigenvalue weighted by molar-refractivity contribution is 6.12. The Morgan fingerprint density at radius 1 is 1.40 bits per heavy atom. The van der Waals surface area contributed by atoms with Crippen LogP contribution in [0.2, 0.25) is 0 Å². The van der Waals surface area contributed by atoms with Gasteiger partial charge < -0.3 is 16.5 Å². The number of carbonyl (C=O) groups is 1. The second kappa shape index (κ2) is 3.73. The van der Waals surface area contributed by atoms with Gasteiger partial charge in [-0.2, -0.15) is 0 Å². The van der Waals surface area contributed by atoms with Crippen LogP contribution in [0.4, 0.5) is 5.69 Å². The molecule has 1 amide bonds. The number of carbonyl (C=O) groups excluding carboxylic acids is 1. The summed E-state index contributed by atoms with van der Waals surface area (Å²) in [5, 5.41) is 10.7. The van der Waals surface area contributed by atoms with Crippen molar-refractivity contribution < 1.29 is 4.79 Å². The Labute approximate surface area is 88.0 Å². The minimum absolute atomic E-state index is 0.137. The van der Waals surface area contributed by atoms with Crippen LogP contribution in [0.1, 0.15) is 28.8 Å². The lowest BCUT2D eigenvalue weighted by Gasteiger charge is -2.16. The molecular formula is C11H13N3O. The molecule has 78 valence electrons. The zero-order chi connectivity index (χ0) is 10.8. The smallest absolute Gasteiger partial charge is 0.252 e. The molecule has 4 heteroatoms. The molecule has 1 heterocycles. The van der Waals surface area contributed by atoms with Gasteiger partial charge in [0, 0.05) is 23.5 Å². The number of hydrogen-bond acceptors (Lipinski definition) is 3. The van der Waals surface area contributed by atoms with Gasteiger partial charge in [0.05, 0.1) is 5.56 Å². The van der Waals surface area contributed by atoms with Gasteiger partial charge in [-0.15, -0.1) is 0 Å². The zero-order valence-electron chi connectivity index (χ0n) is 8.34. The van der Waals surface area contributed by atoms with Gasteiger partial charge in [0.25, 0.3) is 5.91 Å². The number of nitrogens with one attached hydrogen (secondary N) is 2. The average Bonchev–Trinajstić information content (AvgIpc) is 2.21. The summed E-state index contributed by atoms with van der Waals surface area (Å²) in [5.74, 6) is -0.137. The summed E-state index contributed by atoms with van der Waals surface area (Å²) in [6.07, 6.45) is 1.44. The fourth-order valence-electron chi connectivity index (χ4n) is 1.78. The monoisotopic (exact) mass is 203 g/mol. The number of hydrogen-bond donors (Lipinski definition) is 3. The van der Waals surface area contributed by atoms with E-state index in [4.69, 9.17) is 11.1 Å². The summed E-state index contributed by atoms with van der Waals surface area (Å²) < 4.78 is 0. The van der Waals surface area contributed by atoms with Crippen LogP contribution in [-0.4, -0.2) is 18.2 Å². The second-order valence-electron chi connectivity index (χ2n) is 3.61. The summed E-state index contributed by atoms with van der Waals surface area (Å²) >= 11 is 0. The number of fused-ring (bicyclic) bond motifs is 1. The van der Waals surface area contributed by atoms with Crippen LogP contribution in [0.3, 0.4) is 0 Å². The molecule has 1 aliphatic heterocycles. The molecule has 1 aromatic rings. The van der Waals surface area contributed by atoms with Gasteiger partial charge in [0.2, 0.25) is 0 Å². The Kier molecular flexibility index (Phi) is 2.41. The Balaban J connectivity index is 2.58. The molecular weight excluding hydrogens is 190 g/mol. The lowest BCUT2D eigenvalue weighted by Crippen LogP contribution is -2.29. The first-order chi connectivity index (χ1) is 7.20. The number of nitrogens with two attached hydrogens (primary N) is 1. The molecule has 0 aliphatic carbocycles. The van der Waals surface area contributed by atoms with E-state index in [0.29, 0.717) is 35.5 Å². The molecule has 1 aromatic carbocycles. The topological polar surface area (TPSA) is 79.0 Å². The molecule has 0 saturated heterocycles. The summed E-state index contributed by atoms with van der Waals surface area (Å²) in [4.78, 5) is 11.7. The van der Waals surface area contributed by atoms with E-state index < -0.39 is 0 Å². The van der Waals surface area contributed by atoms with Crippen molar-refractivity contribution in [1.82, 2.24) is 5.32 Å². The molecule has 0 unspecified atom stereocenters. The quantitative estimate of drug-likeness (QED) is 0.553. The van der Waals surface area contributed by atoms with Gasteiger partial charge in [-0.1, -0.05) is 6.07 Å². The van der Waals surface area contributed by atoms with Gasteiger partial charge >= 0.3 is 0 Å². The highest BCUT2D eigenvalue weighted by Crippen LogP contribution is 2.20. The first-order valence-electron chi connectivity index (χ1n) is 4.94. The predicted molar refractivity (Wildman–Crippen MR) is 59.3 cm³/mol. The van der Waals surface area contributed by atoms with Crippen LogP contribution in [-0.2, 0) is 0 Å². The summed E-state index contributed by atoms with van der Waals surface area (Å²) in [5.41, 5.74) is 7.86. The van der Waals surface area contributed by atoms with Gasteiger partial charge in [-0.25, -0.2) is 0 Å². The van der Waals surface area contributed by atoms with Crippen molar-refractivity contribution in [3.8, 4) is 0 Å². The van der Waals surface area contributed by atoms with Crippen molar-refractivity contribution >= 4 is 17.3 Å². The van der Waals surface area contributed by atoms with E-state index in [0.717, 1.165) is 6.42 Å². The van der Waals surface area contributed by atoms with E-state index in [2.05, 4.69) is 5.32 Å². The fraction of sp³-hybridized carbons (Fsp3) is 0.273. The van der Waals surface area contributed by atoms with Crippen molar-refractivity contribution in [2.45, 2.75) is 12.8 Å². The molecule has 0 saturated carbocycles. The third-order valence-electron chi connectivity index (χ3n) is 2.53. The average molecular weight is 203 g/mol. The van der Waals surface area contributed by atoms with E-state index in [1.54, 1.807) is 18.2 Å². The number of amides is 1. The Morgan fingerprint density at radius 2 is 2.20 bits per heavy atom. The van der Waals surface area contributed by atoms with Crippen LogP contribution in [0.15, 0.2) is 18.2 Å². The Hall–Kier alpha value is -1.84. The predicted octanol–water partition coefficient (Wildman–Crippen LogP) is 1.16. The maximum absolute atomic E-state index is 11.7. The Bertz CT molecular complexity index is 426. The van der Waals surface area contributed by atoms with Crippen LogP contribution < -0.4 is 11.1 Å². The number of rotatable bonds is 0. The SMILES string of the molecule is N=C1CCCNC(=O)c2cccc(N)c21. The minimum atomic E-state index is -0.137. The molecule has 0 atom stereocenters. The molecule has 4 nitrogen and oxygen atoms in total. The molecule has 15 heavy (non-hydrogen) atoms. The van der Waals surface area contributed by atoms with Crippen LogP contribution in [0.5, 0.6) is 0 Å². The van der Waals surface area contributed by atoms with Gasteiger partial charge in [-0.3, -0.25) is 4.79 Å². The first-order valence-corrected chi connectivity index (χ1v) is 4.94. The molecule has 0 aromatic heterocycles. The summed E-state index contributed by atoms with van der Waals surface area (Å²) in [7, 11) is 0. The number of benzene rings is 1. The second-order valence-corrected chi connectivity index (χ2v) is 3.61. The van der Waals surface area contributed by atoms with Crippen molar-refractivity contribution in [3.63, 3.8) is 0 Å². The molecule has 0 radical (unpaired) electrons. The zero-order valence-corrected chi connectivity index (χ0v) is 8.34. The molecule has 1 aliphatic rings. The maximum atomic E-state index is 11.7. The van der Waals surface area contributed by atoms with Gasteiger partial charge in [0.1, 0.15) is 0 Å². The third kappa shape index (κ3) is 1.70. The third-order valence-corrected chi connectivity index (χ3v) is 2.53. The summed E-state index contributed by atoms with van der Waals surface area (Å²) in [6, 6.07) is 5.17. The van der Waals surface area contributed by atoms with Crippen LogP contribution >= 0.6 is 0 Å². The molecule has 0 bridgehead atoms. The van der Waals surface area contributed by atoms with E-state index in [1.165, 1.54) is 0 Å². The highest BCUT2D eigenvalue weighted by atomic mass is 16.1.